The van der Waals surface area contributed by atoms with E-state index in [-0.39, 0.29) is 30.9 Å². The normalized spacial score (nSPS) is 11.6. The van der Waals surface area contributed by atoms with E-state index < -0.39 is 0 Å². The van der Waals surface area contributed by atoms with E-state index in [1.165, 1.54) is 12.1 Å². The van der Waals surface area contributed by atoms with E-state index in [0.29, 0.717) is 0 Å². The van der Waals surface area contributed by atoms with Crippen LogP contribution in [0.5, 0.6) is 0 Å². The van der Waals surface area contributed by atoms with Gasteiger partial charge < -0.3 is 10.2 Å². The number of unbranched alkanes of at least 4 members (excludes halogenated alkanes) is 2. The molecule has 0 aliphatic heterocycles. The number of halogens is 1. The van der Waals surface area contributed by atoms with E-state index in [0.717, 1.165) is 59.3 Å². The Morgan fingerprint density at radius 1 is 0.852 bits per heavy atom. The molecule has 0 bridgehead atoms. The van der Waals surface area contributed by atoms with Gasteiger partial charge in [-0.3, -0.25) is 4.98 Å². The Labute approximate surface area is 162 Å². The third-order valence-corrected chi connectivity index (χ3v) is 4.93. The maximum absolute atomic E-state index is 13.5. The van der Waals surface area contributed by atoms with E-state index in [1.807, 2.05) is 0 Å². The van der Waals surface area contributed by atoms with Gasteiger partial charge in [0.15, 0.2) is 0 Å². The Kier molecular flexibility index (Phi) is 7.93. The summed E-state index contributed by atoms with van der Waals surface area (Å²) in [5.74, 6) is 0.172. The molecule has 0 aliphatic carbocycles. The molecule has 0 saturated heterocycles. The zero-order chi connectivity index (χ0) is 20.0. The third-order valence-electron chi connectivity index (χ3n) is 4.93. The van der Waals surface area contributed by atoms with Crippen LogP contribution >= 0.6 is 0 Å². The van der Waals surface area contributed by atoms with Gasteiger partial charge in [0.1, 0.15) is 5.82 Å². The van der Waals surface area contributed by atoms with Crippen LogP contribution in [0.4, 0.5) is 4.39 Å². The number of nitrogens with zero attached hydrogens (tertiary/aromatic N) is 1. The van der Waals surface area contributed by atoms with Gasteiger partial charge in [-0.2, -0.15) is 0 Å². The second-order valence-corrected chi connectivity index (χ2v) is 7.72. The van der Waals surface area contributed by atoms with Crippen LogP contribution in [-0.2, 0) is 13.0 Å². The third kappa shape index (κ3) is 5.14. The fourth-order valence-corrected chi connectivity index (χ4v) is 3.63. The monoisotopic (exact) mass is 373 g/mol. The fraction of sp³-hybridized carbons (Fsp3) is 0.522. The Balaban J connectivity index is 2.70. The van der Waals surface area contributed by atoms with Crippen LogP contribution in [0.15, 0.2) is 24.3 Å². The SMILES string of the molecule is CC(C)c1nc(C(C)C)c(CCCCCO)c(-c2ccc(F)cc2)c1CO. The van der Waals surface area contributed by atoms with E-state index in [2.05, 4.69) is 27.7 Å². The lowest BCUT2D eigenvalue weighted by molar-refractivity contribution is 0.279. The van der Waals surface area contributed by atoms with E-state index in [4.69, 9.17) is 10.1 Å². The summed E-state index contributed by atoms with van der Waals surface area (Å²) in [5.41, 5.74) is 5.88. The second-order valence-electron chi connectivity index (χ2n) is 7.72. The van der Waals surface area contributed by atoms with Crippen LogP contribution in [0.25, 0.3) is 11.1 Å². The van der Waals surface area contributed by atoms with Crippen molar-refractivity contribution in [2.75, 3.05) is 6.61 Å². The average Bonchev–Trinajstić information content (AvgIpc) is 2.64. The molecule has 1 aromatic carbocycles. The maximum Gasteiger partial charge on any atom is 0.123 e. The van der Waals surface area contributed by atoms with Crippen LogP contribution in [-0.4, -0.2) is 21.8 Å². The zero-order valence-corrected chi connectivity index (χ0v) is 16.9. The van der Waals surface area contributed by atoms with Crippen LogP contribution in [0.1, 0.15) is 81.3 Å². The van der Waals surface area contributed by atoms with Crippen molar-refractivity contribution >= 4 is 0 Å². The van der Waals surface area contributed by atoms with Gasteiger partial charge in [0.2, 0.25) is 0 Å². The van der Waals surface area contributed by atoms with Gasteiger partial charge >= 0.3 is 0 Å². The highest BCUT2D eigenvalue weighted by molar-refractivity contribution is 5.73. The number of pyridine rings is 1. The van der Waals surface area contributed by atoms with Gasteiger partial charge in [-0.05, 0) is 59.9 Å². The molecule has 27 heavy (non-hydrogen) atoms. The highest BCUT2D eigenvalue weighted by Crippen LogP contribution is 2.37. The molecule has 148 valence electrons. The summed E-state index contributed by atoms with van der Waals surface area (Å²) in [6.45, 7) is 8.55. The van der Waals surface area contributed by atoms with Crippen molar-refractivity contribution in [2.45, 2.75) is 71.8 Å². The van der Waals surface area contributed by atoms with E-state index in [9.17, 15) is 9.50 Å². The van der Waals surface area contributed by atoms with E-state index in [1.54, 1.807) is 12.1 Å². The Hall–Kier alpha value is -1.78. The Morgan fingerprint density at radius 2 is 1.44 bits per heavy atom. The van der Waals surface area contributed by atoms with Crippen molar-refractivity contribution in [3.63, 3.8) is 0 Å². The predicted molar refractivity (Wildman–Crippen MR) is 108 cm³/mol. The number of hydrogen-bond acceptors (Lipinski definition) is 3. The number of aromatic nitrogens is 1. The number of hydrogen-bond donors (Lipinski definition) is 2. The summed E-state index contributed by atoms with van der Waals surface area (Å²) < 4.78 is 13.5. The van der Waals surface area contributed by atoms with Crippen molar-refractivity contribution in [1.82, 2.24) is 4.98 Å². The highest BCUT2D eigenvalue weighted by Gasteiger charge is 2.23. The van der Waals surface area contributed by atoms with Gasteiger partial charge in [0.05, 0.1) is 6.61 Å². The van der Waals surface area contributed by atoms with E-state index >= 15 is 0 Å². The highest BCUT2D eigenvalue weighted by atomic mass is 19.1. The summed E-state index contributed by atoms with van der Waals surface area (Å²) in [7, 11) is 0. The number of aliphatic hydroxyl groups is 2. The van der Waals surface area contributed by atoms with Crippen molar-refractivity contribution < 1.29 is 14.6 Å². The zero-order valence-electron chi connectivity index (χ0n) is 16.9. The standard InChI is InChI=1S/C23H32FNO2/c1-15(2)22-19(8-6-5-7-13-26)21(17-9-11-18(24)12-10-17)20(14-27)23(25-22)16(3)4/h9-12,15-16,26-27H,5-8,13-14H2,1-4H3. The topological polar surface area (TPSA) is 53.4 Å². The maximum atomic E-state index is 13.5. The van der Waals surface area contributed by atoms with Crippen molar-refractivity contribution in [3.8, 4) is 11.1 Å². The molecule has 4 heteroatoms. The lowest BCUT2D eigenvalue weighted by Gasteiger charge is -2.24. The molecule has 0 spiro atoms. The first-order chi connectivity index (χ1) is 12.9. The summed E-state index contributed by atoms with van der Waals surface area (Å²) in [6, 6.07) is 6.51. The minimum Gasteiger partial charge on any atom is -0.396 e. The summed E-state index contributed by atoms with van der Waals surface area (Å²) in [5, 5.41) is 19.2. The molecule has 0 aliphatic rings. The fourth-order valence-electron chi connectivity index (χ4n) is 3.63. The number of aliphatic hydroxyl groups excluding tert-OH is 2. The van der Waals surface area contributed by atoms with Crippen LogP contribution < -0.4 is 0 Å². The minimum atomic E-state index is -0.268. The molecule has 0 amide bonds. The van der Waals surface area contributed by atoms with Gasteiger partial charge in [-0.25, -0.2) is 4.39 Å². The van der Waals surface area contributed by atoms with Crippen LogP contribution in [0.2, 0.25) is 0 Å². The largest absolute Gasteiger partial charge is 0.396 e. The summed E-state index contributed by atoms with van der Waals surface area (Å²) in [4.78, 5) is 4.96. The van der Waals surface area contributed by atoms with Gasteiger partial charge in [0, 0.05) is 23.6 Å². The smallest absolute Gasteiger partial charge is 0.123 e. The summed E-state index contributed by atoms with van der Waals surface area (Å²) in [6.07, 6.45) is 3.51. The lowest BCUT2D eigenvalue weighted by Crippen LogP contribution is -2.12. The molecule has 3 nitrogen and oxygen atoms in total. The van der Waals surface area contributed by atoms with Crippen LogP contribution in [0.3, 0.4) is 0 Å². The minimum absolute atomic E-state index is 0.0881. The molecule has 0 atom stereocenters. The predicted octanol–water partition coefficient (Wildman–Crippen LogP) is 5.33. The molecule has 0 fully saturated rings. The molecule has 2 aromatic rings. The molecule has 1 aromatic heterocycles. The first-order valence-corrected chi connectivity index (χ1v) is 9.93. The molecular weight excluding hydrogens is 341 g/mol. The molecular formula is C23H32FNO2. The molecule has 2 N–H and O–H groups in total. The Morgan fingerprint density at radius 3 is 1.96 bits per heavy atom. The molecule has 0 saturated carbocycles. The lowest BCUT2D eigenvalue weighted by atomic mass is 9.85. The first kappa shape index (κ1) is 21.5. The molecule has 0 unspecified atom stereocenters. The average molecular weight is 374 g/mol. The van der Waals surface area contributed by atoms with Crippen LogP contribution in [0, 0.1) is 5.82 Å². The molecule has 0 radical (unpaired) electrons. The van der Waals surface area contributed by atoms with Crippen molar-refractivity contribution in [3.05, 3.63) is 52.6 Å². The van der Waals surface area contributed by atoms with Crippen molar-refractivity contribution in [2.24, 2.45) is 0 Å². The Bertz CT molecular complexity index is 739. The van der Waals surface area contributed by atoms with Gasteiger partial charge in [-0.1, -0.05) is 46.2 Å². The summed E-state index contributed by atoms with van der Waals surface area (Å²) >= 11 is 0. The van der Waals surface area contributed by atoms with Crippen molar-refractivity contribution in [1.29, 1.82) is 0 Å². The number of benzene rings is 1. The molecule has 2 rings (SSSR count). The second kappa shape index (κ2) is 9.95. The van der Waals surface area contributed by atoms with Gasteiger partial charge in [-0.15, -0.1) is 0 Å². The first-order valence-electron chi connectivity index (χ1n) is 9.93. The quantitative estimate of drug-likeness (QED) is 0.584. The number of rotatable bonds is 9. The molecule has 1 heterocycles. The van der Waals surface area contributed by atoms with Gasteiger partial charge in [0.25, 0.3) is 0 Å².